The van der Waals surface area contributed by atoms with Gasteiger partial charge in [0.25, 0.3) is 11.8 Å². The Morgan fingerprint density at radius 3 is 2.14 bits per heavy atom. The highest BCUT2D eigenvalue weighted by Crippen LogP contribution is 2.39. The monoisotopic (exact) mass is 691 g/mol. The van der Waals surface area contributed by atoms with Crippen LogP contribution in [-0.2, 0) is 9.59 Å². The third-order valence-corrected chi connectivity index (χ3v) is 9.04. The van der Waals surface area contributed by atoms with Crippen LogP contribution in [0, 0.1) is 6.92 Å². The van der Waals surface area contributed by atoms with Crippen molar-refractivity contribution in [2.45, 2.75) is 17.1 Å². The molecule has 0 aliphatic carbocycles. The molecule has 8 nitrogen and oxygen atoms in total. The molecule has 0 bridgehead atoms. The second-order valence-electron chi connectivity index (χ2n) is 10.8. The average Bonchev–Trinajstić information content (AvgIpc) is 3.12. The fourth-order valence-corrected chi connectivity index (χ4v) is 6.06. The smallest absolute Gasteiger partial charge is 0.272 e. The molecule has 0 radical (unpaired) electrons. The number of benzene rings is 5. The van der Waals surface area contributed by atoms with Crippen molar-refractivity contribution in [3.63, 3.8) is 0 Å². The van der Waals surface area contributed by atoms with Gasteiger partial charge < -0.3 is 25.4 Å². The largest absolute Gasteiger partial charge is 0.497 e. The molecule has 1 atom stereocenters. The molecule has 49 heavy (non-hydrogen) atoms. The number of aryl methyl sites for hydroxylation is 1. The Morgan fingerprint density at radius 1 is 0.776 bits per heavy atom. The molecule has 248 valence electrons. The van der Waals surface area contributed by atoms with Crippen LogP contribution >= 0.6 is 23.4 Å². The van der Waals surface area contributed by atoms with Gasteiger partial charge >= 0.3 is 0 Å². The van der Waals surface area contributed by atoms with Gasteiger partial charge in [-0.25, -0.2) is 0 Å². The van der Waals surface area contributed by atoms with E-state index in [1.54, 1.807) is 92.0 Å². The van der Waals surface area contributed by atoms with Crippen LogP contribution in [0.5, 0.6) is 11.5 Å². The number of thioether (sulfide) groups is 1. The van der Waals surface area contributed by atoms with Crippen LogP contribution in [0.4, 0.5) is 11.4 Å². The predicted molar refractivity (Wildman–Crippen MR) is 196 cm³/mol. The molecular formula is C39H34ClN3O5S. The van der Waals surface area contributed by atoms with E-state index in [4.69, 9.17) is 21.1 Å². The summed E-state index contributed by atoms with van der Waals surface area (Å²) in [5, 5.41) is 8.54. The molecule has 0 spiro atoms. The molecule has 0 aromatic heterocycles. The zero-order chi connectivity index (χ0) is 34.8. The molecule has 3 amide bonds. The van der Waals surface area contributed by atoms with Crippen molar-refractivity contribution in [3.8, 4) is 11.5 Å². The molecule has 5 rings (SSSR count). The Balaban J connectivity index is 1.39. The summed E-state index contributed by atoms with van der Waals surface area (Å²) in [6.07, 6.45) is 1.59. The highest BCUT2D eigenvalue weighted by Gasteiger charge is 2.24. The summed E-state index contributed by atoms with van der Waals surface area (Å²) in [4.78, 5) is 41.3. The lowest BCUT2D eigenvalue weighted by atomic mass is 10.1. The van der Waals surface area contributed by atoms with Crippen LogP contribution in [0.1, 0.15) is 32.3 Å². The molecular weight excluding hydrogens is 658 g/mol. The Hall–Kier alpha value is -5.51. The number of amides is 3. The minimum atomic E-state index is -0.650. The van der Waals surface area contributed by atoms with Gasteiger partial charge in [-0.1, -0.05) is 78.3 Å². The van der Waals surface area contributed by atoms with E-state index in [2.05, 4.69) is 16.0 Å². The van der Waals surface area contributed by atoms with Gasteiger partial charge in [0.2, 0.25) is 5.91 Å². The second-order valence-corrected chi connectivity index (χ2v) is 12.4. The highest BCUT2D eigenvalue weighted by molar-refractivity contribution is 8.00. The van der Waals surface area contributed by atoms with E-state index >= 15 is 0 Å². The van der Waals surface area contributed by atoms with E-state index in [-0.39, 0.29) is 11.6 Å². The van der Waals surface area contributed by atoms with Crippen LogP contribution in [0.25, 0.3) is 6.08 Å². The number of nitrogens with one attached hydrogen (secondary N) is 3. The van der Waals surface area contributed by atoms with Gasteiger partial charge in [0, 0.05) is 27.2 Å². The number of ether oxygens (including phenoxy) is 2. The average molecular weight is 692 g/mol. The first-order valence-electron chi connectivity index (χ1n) is 15.2. The summed E-state index contributed by atoms with van der Waals surface area (Å²) < 4.78 is 10.7. The normalized spacial score (nSPS) is 11.6. The first-order valence-corrected chi connectivity index (χ1v) is 16.5. The highest BCUT2D eigenvalue weighted by atomic mass is 35.5. The summed E-state index contributed by atoms with van der Waals surface area (Å²) in [5.74, 6) is -0.105. The van der Waals surface area contributed by atoms with Crippen LogP contribution in [-0.4, -0.2) is 31.9 Å². The summed E-state index contributed by atoms with van der Waals surface area (Å²) in [7, 11) is 3.09. The molecule has 0 aliphatic heterocycles. The molecule has 0 heterocycles. The number of methoxy groups -OCH3 is 2. The van der Waals surface area contributed by atoms with E-state index < -0.39 is 17.1 Å². The molecule has 3 N–H and O–H groups in total. The van der Waals surface area contributed by atoms with Gasteiger partial charge in [-0.05, 0) is 78.2 Å². The van der Waals surface area contributed by atoms with Crippen LogP contribution in [0.15, 0.2) is 132 Å². The number of anilines is 2. The summed E-state index contributed by atoms with van der Waals surface area (Å²) in [5.41, 5.74) is 3.71. The molecule has 5 aromatic rings. The lowest BCUT2D eigenvalue weighted by Crippen LogP contribution is -2.30. The molecule has 10 heteroatoms. The zero-order valence-electron chi connectivity index (χ0n) is 27.0. The number of halogens is 1. The minimum absolute atomic E-state index is 0.0471. The lowest BCUT2D eigenvalue weighted by molar-refractivity contribution is -0.116. The van der Waals surface area contributed by atoms with E-state index in [0.717, 1.165) is 16.0 Å². The molecule has 0 fully saturated rings. The number of hydrogen-bond acceptors (Lipinski definition) is 6. The standard InChI is InChI=1S/C39H34ClN3O5S/c1-25-21-33(35(48-3)24-32(25)40)42-39(46)36(27-11-6-4-7-12-27)49-31-16-10-15-29(23-31)41-38(45)34(22-26-17-19-30(47-2)20-18-26)43-37(44)28-13-8-5-9-14-28/h4-24,36H,1-3H3,(H,41,45)(H,42,46)(H,43,44)/b34-22+. The lowest BCUT2D eigenvalue weighted by Gasteiger charge is -2.19. The number of carbonyl (C=O) groups is 3. The molecule has 0 saturated heterocycles. The van der Waals surface area contributed by atoms with E-state index in [1.165, 1.54) is 18.9 Å². The van der Waals surface area contributed by atoms with Crippen molar-refractivity contribution in [1.29, 1.82) is 0 Å². The predicted octanol–water partition coefficient (Wildman–Crippen LogP) is 8.55. The van der Waals surface area contributed by atoms with Crippen molar-refractivity contribution in [3.05, 3.63) is 154 Å². The zero-order valence-corrected chi connectivity index (χ0v) is 28.6. The second kappa shape index (κ2) is 16.5. The third kappa shape index (κ3) is 9.31. The van der Waals surface area contributed by atoms with Gasteiger partial charge in [-0.2, -0.15) is 0 Å². The Morgan fingerprint density at radius 2 is 1.47 bits per heavy atom. The van der Waals surface area contributed by atoms with E-state index in [0.29, 0.717) is 39.0 Å². The van der Waals surface area contributed by atoms with Gasteiger partial charge in [-0.15, -0.1) is 11.8 Å². The Kier molecular flexibility index (Phi) is 11.8. The molecule has 0 aliphatic rings. The maximum atomic E-state index is 13.8. The van der Waals surface area contributed by atoms with Gasteiger partial charge in [-0.3, -0.25) is 14.4 Å². The number of hydrogen-bond donors (Lipinski definition) is 3. The maximum Gasteiger partial charge on any atom is 0.272 e. The van der Waals surface area contributed by atoms with Crippen LogP contribution in [0.2, 0.25) is 5.02 Å². The van der Waals surface area contributed by atoms with E-state index in [9.17, 15) is 14.4 Å². The minimum Gasteiger partial charge on any atom is -0.497 e. The molecule has 5 aromatic carbocycles. The van der Waals surface area contributed by atoms with Crippen LogP contribution < -0.4 is 25.4 Å². The van der Waals surface area contributed by atoms with Gasteiger partial charge in [0.15, 0.2) is 0 Å². The number of rotatable bonds is 12. The first kappa shape index (κ1) is 34.8. The topological polar surface area (TPSA) is 106 Å². The van der Waals surface area contributed by atoms with Crippen molar-refractivity contribution >= 4 is 58.5 Å². The number of carbonyl (C=O) groups excluding carboxylic acids is 3. The third-order valence-electron chi connectivity index (χ3n) is 7.38. The fourth-order valence-electron chi connectivity index (χ4n) is 4.82. The SMILES string of the molecule is COc1ccc(/C=C(/NC(=O)c2ccccc2)C(=O)Nc2cccc(SC(C(=O)Nc3cc(C)c(Cl)cc3OC)c3ccccc3)c2)cc1. The molecule has 0 saturated carbocycles. The molecule has 1 unspecified atom stereocenters. The maximum absolute atomic E-state index is 13.8. The van der Waals surface area contributed by atoms with E-state index in [1.807, 2.05) is 49.4 Å². The Bertz CT molecular complexity index is 1970. The van der Waals surface area contributed by atoms with Gasteiger partial charge in [0.05, 0.1) is 19.9 Å². The quantitative estimate of drug-likeness (QED) is 0.0895. The van der Waals surface area contributed by atoms with Crippen molar-refractivity contribution in [2.75, 3.05) is 24.9 Å². The summed E-state index contributed by atoms with van der Waals surface area (Å²) >= 11 is 7.61. The first-order chi connectivity index (χ1) is 23.7. The van der Waals surface area contributed by atoms with Gasteiger partial charge in [0.1, 0.15) is 22.4 Å². The van der Waals surface area contributed by atoms with Crippen LogP contribution in [0.3, 0.4) is 0 Å². The summed E-state index contributed by atoms with van der Waals surface area (Å²) in [6, 6.07) is 35.8. The Labute approximate surface area is 294 Å². The van der Waals surface area contributed by atoms with Crippen molar-refractivity contribution in [2.24, 2.45) is 0 Å². The van der Waals surface area contributed by atoms with Crippen molar-refractivity contribution < 1.29 is 23.9 Å². The summed E-state index contributed by atoms with van der Waals surface area (Å²) in [6.45, 7) is 1.85. The fraction of sp³-hybridized carbons (Fsp3) is 0.103. The van der Waals surface area contributed by atoms with Crippen molar-refractivity contribution in [1.82, 2.24) is 5.32 Å².